The van der Waals surface area contributed by atoms with E-state index in [0.29, 0.717) is 15.3 Å². The van der Waals surface area contributed by atoms with Gasteiger partial charge in [0.2, 0.25) is 4.96 Å². The molecular formula is C22H21N3OS. The summed E-state index contributed by atoms with van der Waals surface area (Å²) >= 11 is 1.37. The molecule has 0 saturated heterocycles. The van der Waals surface area contributed by atoms with E-state index in [9.17, 15) is 4.79 Å². The summed E-state index contributed by atoms with van der Waals surface area (Å²) in [7, 11) is 0. The Labute approximate surface area is 161 Å². The molecule has 27 heavy (non-hydrogen) atoms. The second kappa shape index (κ2) is 6.43. The van der Waals surface area contributed by atoms with Crippen LogP contribution in [0.3, 0.4) is 0 Å². The average molecular weight is 375 g/mol. The van der Waals surface area contributed by atoms with Crippen molar-refractivity contribution in [1.82, 2.24) is 14.6 Å². The van der Waals surface area contributed by atoms with Gasteiger partial charge < -0.3 is 0 Å². The Bertz CT molecular complexity index is 1230. The van der Waals surface area contributed by atoms with Gasteiger partial charge in [-0.15, -0.1) is 5.10 Å². The van der Waals surface area contributed by atoms with Crippen LogP contribution in [-0.4, -0.2) is 14.6 Å². The third-order valence-corrected chi connectivity index (χ3v) is 5.60. The molecule has 0 bridgehead atoms. The molecule has 136 valence electrons. The van der Waals surface area contributed by atoms with Crippen molar-refractivity contribution in [2.24, 2.45) is 0 Å². The molecule has 0 N–H and O–H groups in total. The van der Waals surface area contributed by atoms with Crippen molar-refractivity contribution in [3.63, 3.8) is 0 Å². The van der Waals surface area contributed by atoms with E-state index in [1.165, 1.54) is 21.4 Å². The molecule has 0 aliphatic heterocycles. The van der Waals surface area contributed by atoms with Crippen LogP contribution in [0, 0.1) is 6.92 Å². The van der Waals surface area contributed by atoms with E-state index in [2.05, 4.69) is 55.1 Å². The summed E-state index contributed by atoms with van der Waals surface area (Å²) in [4.78, 5) is 17.9. The highest BCUT2D eigenvalue weighted by molar-refractivity contribution is 7.15. The first-order valence-corrected chi connectivity index (χ1v) is 9.72. The fourth-order valence-corrected chi connectivity index (χ4v) is 3.91. The molecule has 2 aromatic heterocycles. The van der Waals surface area contributed by atoms with Gasteiger partial charge in [0, 0.05) is 5.56 Å². The van der Waals surface area contributed by atoms with E-state index >= 15 is 0 Å². The van der Waals surface area contributed by atoms with Crippen molar-refractivity contribution in [2.75, 3.05) is 0 Å². The van der Waals surface area contributed by atoms with Gasteiger partial charge >= 0.3 is 0 Å². The summed E-state index contributed by atoms with van der Waals surface area (Å²) in [5.41, 5.74) is 4.31. The Morgan fingerprint density at radius 1 is 1.04 bits per heavy atom. The van der Waals surface area contributed by atoms with Gasteiger partial charge in [0.1, 0.15) is 0 Å². The molecule has 0 aliphatic carbocycles. The van der Waals surface area contributed by atoms with Crippen LogP contribution in [0.5, 0.6) is 0 Å². The van der Waals surface area contributed by atoms with Crippen LogP contribution in [-0.2, 0) is 5.41 Å². The number of nitrogens with zero attached hydrogens (tertiary/aromatic N) is 3. The number of hydrogen-bond donors (Lipinski definition) is 0. The summed E-state index contributed by atoms with van der Waals surface area (Å²) in [6.45, 7) is 8.58. The molecule has 0 fully saturated rings. The van der Waals surface area contributed by atoms with Crippen LogP contribution < -0.4 is 10.1 Å². The second-order valence-corrected chi connectivity index (χ2v) is 8.74. The third-order valence-electron chi connectivity index (χ3n) is 4.64. The van der Waals surface area contributed by atoms with Gasteiger partial charge in [0.05, 0.1) is 4.53 Å². The number of rotatable bonds is 2. The summed E-state index contributed by atoms with van der Waals surface area (Å²) in [6.07, 6.45) is 1.91. The molecule has 4 aromatic rings. The van der Waals surface area contributed by atoms with E-state index < -0.39 is 0 Å². The minimum Gasteiger partial charge on any atom is -0.266 e. The zero-order valence-electron chi connectivity index (χ0n) is 15.9. The van der Waals surface area contributed by atoms with Crippen molar-refractivity contribution in [1.29, 1.82) is 0 Å². The summed E-state index contributed by atoms with van der Waals surface area (Å²) in [5.74, 6) is 0.595. The monoisotopic (exact) mass is 375 g/mol. The van der Waals surface area contributed by atoms with Crippen LogP contribution in [0.25, 0.3) is 22.4 Å². The first kappa shape index (κ1) is 17.6. The lowest BCUT2D eigenvalue weighted by Gasteiger charge is -2.18. The third kappa shape index (κ3) is 3.30. The first-order valence-electron chi connectivity index (χ1n) is 8.91. The number of aromatic nitrogens is 3. The van der Waals surface area contributed by atoms with Gasteiger partial charge in [0.25, 0.3) is 5.56 Å². The lowest BCUT2D eigenvalue weighted by molar-refractivity contribution is 0.590. The number of thiazole rings is 1. The van der Waals surface area contributed by atoms with Gasteiger partial charge in [-0.1, -0.05) is 80.6 Å². The zero-order chi connectivity index (χ0) is 19.2. The fraction of sp³-hybridized carbons (Fsp3) is 0.227. The normalized spacial score (nSPS) is 12.8. The highest BCUT2D eigenvalue weighted by atomic mass is 32.1. The Hall–Kier alpha value is -2.79. The molecule has 0 saturated carbocycles. The van der Waals surface area contributed by atoms with Gasteiger partial charge in [0.15, 0.2) is 5.82 Å². The number of benzene rings is 2. The predicted octanol–water partition coefficient (Wildman–Crippen LogP) is 3.97. The number of fused-ring (bicyclic) bond motifs is 1. The standard InChI is InChI=1S/C22H21N3OS/c1-14-7-5-6-8-17(14)19-23-21-25(24-19)20(26)18(27-21)13-15-9-11-16(12-10-15)22(2,3)4/h5-13H,1-4H3/b18-13-. The van der Waals surface area contributed by atoms with E-state index in [1.807, 2.05) is 37.3 Å². The van der Waals surface area contributed by atoms with Crippen LogP contribution in [0.2, 0.25) is 0 Å². The van der Waals surface area contributed by atoms with Crippen molar-refractivity contribution in [3.05, 3.63) is 80.1 Å². The molecule has 2 aromatic carbocycles. The molecule has 5 heteroatoms. The second-order valence-electron chi connectivity index (χ2n) is 7.73. The summed E-state index contributed by atoms with van der Waals surface area (Å²) < 4.78 is 2.05. The molecule has 2 heterocycles. The number of aryl methyl sites for hydroxylation is 1. The van der Waals surface area contributed by atoms with E-state index in [4.69, 9.17) is 0 Å². The Morgan fingerprint density at radius 2 is 1.74 bits per heavy atom. The van der Waals surface area contributed by atoms with Crippen LogP contribution in [0.15, 0.2) is 53.3 Å². The Morgan fingerprint density at radius 3 is 2.37 bits per heavy atom. The number of hydrogen-bond acceptors (Lipinski definition) is 4. The lowest BCUT2D eigenvalue weighted by atomic mass is 9.87. The minimum absolute atomic E-state index is 0.113. The maximum absolute atomic E-state index is 12.7. The van der Waals surface area contributed by atoms with E-state index in [0.717, 1.165) is 16.7 Å². The molecular weight excluding hydrogens is 354 g/mol. The summed E-state index contributed by atoms with van der Waals surface area (Å²) in [5, 5.41) is 4.44. The molecule has 0 atom stereocenters. The SMILES string of the molecule is Cc1ccccc1-c1nc2s/c(=C\c3ccc(C(C)(C)C)cc3)c(=O)n2n1. The van der Waals surface area contributed by atoms with E-state index in [-0.39, 0.29) is 11.0 Å². The van der Waals surface area contributed by atoms with Gasteiger partial charge in [-0.25, -0.2) is 0 Å². The zero-order valence-corrected chi connectivity index (χ0v) is 16.7. The average Bonchev–Trinajstić information content (AvgIpc) is 3.15. The van der Waals surface area contributed by atoms with Crippen molar-refractivity contribution >= 4 is 22.4 Å². The quantitative estimate of drug-likeness (QED) is 0.533. The molecule has 0 amide bonds. The molecule has 0 spiro atoms. The maximum atomic E-state index is 12.7. The lowest BCUT2D eigenvalue weighted by Crippen LogP contribution is -2.23. The van der Waals surface area contributed by atoms with Crippen LogP contribution in [0.1, 0.15) is 37.5 Å². The largest absolute Gasteiger partial charge is 0.291 e. The molecule has 0 radical (unpaired) electrons. The highest BCUT2D eigenvalue weighted by Gasteiger charge is 2.14. The van der Waals surface area contributed by atoms with Crippen molar-refractivity contribution in [2.45, 2.75) is 33.1 Å². The topological polar surface area (TPSA) is 47.3 Å². The molecule has 0 unspecified atom stereocenters. The fourth-order valence-electron chi connectivity index (χ4n) is 3.00. The predicted molar refractivity (Wildman–Crippen MR) is 111 cm³/mol. The minimum atomic E-state index is -0.123. The first-order chi connectivity index (χ1) is 12.8. The molecule has 0 aliphatic rings. The Balaban J connectivity index is 1.75. The van der Waals surface area contributed by atoms with Crippen LogP contribution in [0.4, 0.5) is 0 Å². The smallest absolute Gasteiger partial charge is 0.266 e. The maximum Gasteiger partial charge on any atom is 0.291 e. The molecule has 4 rings (SSSR count). The highest BCUT2D eigenvalue weighted by Crippen LogP contribution is 2.22. The van der Waals surface area contributed by atoms with Crippen molar-refractivity contribution in [3.8, 4) is 11.4 Å². The van der Waals surface area contributed by atoms with Gasteiger partial charge in [-0.3, -0.25) is 4.79 Å². The van der Waals surface area contributed by atoms with Crippen LogP contribution >= 0.6 is 11.3 Å². The molecule has 4 nitrogen and oxygen atoms in total. The summed E-state index contributed by atoms with van der Waals surface area (Å²) in [6, 6.07) is 16.3. The Kier molecular flexibility index (Phi) is 4.19. The van der Waals surface area contributed by atoms with Gasteiger partial charge in [-0.2, -0.15) is 9.50 Å². The van der Waals surface area contributed by atoms with Crippen molar-refractivity contribution < 1.29 is 0 Å². The van der Waals surface area contributed by atoms with E-state index in [1.54, 1.807) is 0 Å². The van der Waals surface area contributed by atoms with Gasteiger partial charge in [-0.05, 0) is 35.1 Å².